The van der Waals surface area contributed by atoms with Crippen LogP contribution in [0.2, 0.25) is 0 Å². The van der Waals surface area contributed by atoms with Crippen LogP contribution < -0.4 is 10.1 Å². The minimum absolute atomic E-state index is 0.253. The van der Waals surface area contributed by atoms with E-state index < -0.39 is 5.97 Å². The highest BCUT2D eigenvalue weighted by Gasteiger charge is 2.13. The van der Waals surface area contributed by atoms with Gasteiger partial charge in [0.2, 0.25) is 0 Å². The molecule has 0 aliphatic rings. The van der Waals surface area contributed by atoms with Gasteiger partial charge in [-0.1, -0.05) is 18.2 Å². The molecule has 0 fully saturated rings. The highest BCUT2D eigenvalue weighted by atomic mass is 16.5. The van der Waals surface area contributed by atoms with Crippen LogP contribution in [0.5, 0.6) is 5.75 Å². The number of benzene rings is 1. The zero-order valence-corrected chi connectivity index (χ0v) is 12.8. The van der Waals surface area contributed by atoms with Crippen LogP contribution in [0.25, 0.3) is 0 Å². The Balaban J connectivity index is 2.18. The molecule has 1 heterocycles. The van der Waals surface area contributed by atoms with Gasteiger partial charge in [-0.25, -0.2) is 9.78 Å². The van der Waals surface area contributed by atoms with Crippen LogP contribution in [-0.4, -0.2) is 17.0 Å². The Morgan fingerprint density at radius 2 is 1.86 bits per heavy atom. The monoisotopic (exact) mass is 284 g/mol. The lowest BCUT2D eigenvalue weighted by atomic mass is 10.1. The van der Waals surface area contributed by atoms with Gasteiger partial charge in [0.25, 0.3) is 0 Å². The number of carbonyl (C=O) groups excluding carboxylic acids is 1. The summed E-state index contributed by atoms with van der Waals surface area (Å²) < 4.78 is 5.44. The Kier molecular flexibility index (Phi) is 4.58. The second-order valence-electron chi connectivity index (χ2n) is 5.29. The van der Waals surface area contributed by atoms with E-state index in [1.807, 2.05) is 45.9 Å². The van der Waals surface area contributed by atoms with Gasteiger partial charge >= 0.3 is 5.97 Å². The standard InChI is InChI=1S/C17H20N2O2/c1-11(2)18-16-10-6-8-14(19-16)17(20)21-15-9-5-7-12(3)13(15)4/h5-11H,1-4H3,(H,18,19). The molecule has 0 spiro atoms. The Morgan fingerprint density at radius 3 is 2.57 bits per heavy atom. The van der Waals surface area contributed by atoms with Gasteiger partial charge in [0, 0.05) is 6.04 Å². The Labute approximate surface area is 125 Å². The Bertz CT molecular complexity index is 651. The van der Waals surface area contributed by atoms with E-state index in [0.717, 1.165) is 11.1 Å². The van der Waals surface area contributed by atoms with Crippen molar-refractivity contribution in [2.24, 2.45) is 0 Å². The van der Waals surface area contributed by atoms with E-state index in [9.17, 15) is 4.79 Å². The normalized spacial score (nSPS) is 10.5. The largest absolute Gasteiger partial charge is 0.422 e. The van der Waals surface area contributed by atoms with Crippen LogP contribution in [0.4, 0.5) is 5.82 Å². The van der Waals surface area contributed by atoms with Gasteiger partial charge in [-0.3, -0.25) is 0 Å². The molecule has 2 aromatic rings. The molecule has 0 aliphatic carbocycles. The lowest BCUT2D eigenvalue weighted by Crippen LogP contribution is -2.15. The number of nitrogens with one attached hydrogen (secondary N) is 1. The van der Waals surface area contributed by atoms with Gasteiger partial charge in [0.05, 0.1) is 0 Å². The van der Waals surface area contributed by atoms with Gasteiger partial charge < -0.3 is 10.1 Å². The molecule has 1 N–H and O–H groups in total. The van der Waals surface area contributed by atoms with Crippen LogP contribution in [0.15, 0.2) is 36.4 Å². The summed E-state index contributed by atoms with van der Waals surface area (Å²) in [5, 5.41) is 3.17. The van der Waals surface area contributed by atoms with Crippen molar-refractivity contribution in [3.8, 4) is 5.75 Å². The maximum Gasteiger partial charge on any atom is 0.362 e. The van der Waals surface area contributed by atoms with Gasteiger partial charge in [-0.15, -0.1) is 0 Å². The van der Waals surface area contributed by atoms with Crippen molar-refractivity contribution >= 4 is 11.8 Å². The summed E-state index contributed by atoms with van der Waals surface area (Å²) in [7, 11) is 0. The number of anilines is 1. The second kappa shape index (κ2) is 6.39. The number of hydrogen-bond donors (Lipinski definition) is 1. The van der Waals surface area contributed by atoms with Crippen molar-refractivity contribution < 1.29 is 9.53 Å². The molecule has 2 rings (SSSR count). The van der Waals surface area contributed by atoms with Gasteiger partial charge in [0.1, 0.15) is 11.6 Å². The van der Waals surface area contributed by atoms with E-state index >= 15 is 0 Å². The SMILES string of the molecule is Cc1cccc(OC(=O)c2cccc(NC(C)C)n2)c1C. The van der Waals surface area contributed by atoms with E-state index in [1.54, 1.807) is 18.2 Å². The van der Waals surface area contributed by atoms with Gasteiger partial charge in [-0.05, 0) is 57.0 Å². The van der Waals surface area contributed by atoms with E-state index in [2.05, 4.69) is 10.3 Å². The van der Waals surface area contributed by atoms with E-state index in [0.29, 0.717) is 17.3 Å². The molecular formula is C17H20N2O2. The first kappa shape index (κ1) is 15.0. The molecular weight excluding hydrogens is 264 g/mol. The summed E-state index contributed by atoms with van der Waals surface area (Å²) in [4.78, 5) is 16.5. The third-order valence-electron chi connectivity index (χ3n) is 3.15. The lowest BCUT2D eigenvalue weighted by Gasteiger charge is -2.11. The second-order valence-corrected chi connectivity index (χ2v) is 5.29. The molecule has 0 radical (unpaired) electrons. The summed E-state index contributed by atoms with van der Waals surface area (Å²) in [5.74, 6) is 0.792. The highest BCUT2D eigenvalue weighted by Crippen LogP contribution is 2.21. The third-order valence-corrected chi connectivity index (χ3v) is 3.15. The smallest absolute Gasteiger partial charge is 0.362 e. The maximum atomic E-state index is 12.2. The van der Waals surface area contributed by atoms with Crippen LogP contribution in [-0.2, 0) is 0 Å². The first-order valence-corrected chi connectivity index (χ1v) is 6.99. The zero-order valence-electron chi connectivity index (χ0n) is 12.8. The Hall–Kier alpha value is -2.36. The summed E-state index contributed by atoms with van der Waals surface area (Å²) in [6.07, 6.45) is 0. The van der Waals surface area contributed by atoms with Crippen molar-refractivity contribution in [3.05, 3.63) is 53.2 Å². The third kappa shape index (κ3) is 3.81. The van der Waals surface area contributed by atoms with Crippen molar-refractivity contribution in [2.75, 3.05) is 5.32 Å². The van der Waals surface area contributed by atoms with Crippen molar-refractivity contribution in [1.82, 2.24) is 4.98 Å². The highest BCUT2D eigenvalue weighted by molar-refractivity contribution is 5.89. The molecule has 0 bridgehead atoms. The van der Waals surface area contributed by atoms with Crippen LogP contribution in [0.1, 0.15) is 35.5 Å². The van der Waals surface area contributed by atoms with Crippen LogP contribution >= 0.6 is 0 Å². The fraction of sp³-hybridized carbons (Fsp3) is 0.294. The number of carbonyl (C=O) groups is 1. The summed E-state index contributed by atoms with van der Waals surface area (Å²) in [6.45, 7) is 7.95. The topological polar surface area (TPSA) is 51.2 Å². The minimum atomic E-state index is -0.448. The van der Waals surface area contributed by atoms with Crippen LogP contribution in [0, 0.1) is 13.8 Å². The van der Waals surface area contributed by atoms with E-state index in [4.69, 9.17) is 4.74 Å². The predicted octanol–water partition coefficient (Wildman–Crippen LogP) is 3.74. The zero-order chi connectivity index (χ0) is 15.4. The molecule has 1 aromatic carbocycles. The number of aryl methyl sites for hydroxylation is 1. The molecule has 4 heteroatoms. The number of esters is 1. The van der Waals surface area contributed by atoms with Crippen molar-refractivity contribution in [3.63, 3.8) is 0 Å². The fourth-order valence-corrected chi connectivity index (χ4v) is 1.91. The summed E-state index contributed by atoms with van der Waals surface area (Å²) >= 11 is 0. The number of aromatic nitrogens is 1. The molecule has 0 amide bonds. The summed E-state index contributed by atoms with van der Waals surface area (Å²) in [6, 6.07) is 11.2. The number of nitrogens with zero attached hydrogens (tertiary/aromatic N) is 1. The van der Waals surface area contributed by atoms with Crippen molar-refractivity contribution in [1.29, 1.82) is 0 Å². The average Bonchev–Trinajstić information content (AvgIpc) is 2.43. The molecule has 0 atom stereocenters. The molecule has 0 aliphatic heterocycles. The number of ether oxygens (including phenoxy) is 1. The number of rotatable bonds is 4. The lowest BCUT2D eigenvalue weighted by molar-refractivity contribution is 0.0727. The first-order chi connectivity index (χ1) is 9.97. The predicted molar refractivity (Wildman–Crippen MR) is 83.9 cm³/mol. The number of hydrogen-bond acceptors (Lipinski definition) is 4. The summed E-state index contributed by atoms with van der Waals surface area (Å²) in [5.41, 5.74) is 2.34. The molecule has 110 valence electrons. The van der Waals surface area contributed by atoms with Gasteiger partial charge in [0.15, 0.2) is 5.69 Å². The van der Waals surface area contributed by atoms with E-state index in [-0.39, 0.29) is 6.04 Å². The quantitative estimate of drug-likeness (QED) is 0.686. The Morgan fingerprint density at radius 1 is 1.14 bits per heavy atom. The molecule has 1 aromatic heterocycles. The molecule has 0 saturated carbocycles. The minimum Gasteiger partial charge on any atom is -0.422 e. The first-order valence-electron chi connectivity index (χ1n) is 6.99. The maximum absolute atomic E-state index is 12.2. The molecule has 21 heavy (non-hydrogen) atoms. The molecule has 4 nitrogen and oxygen atoms in total. The fourth-order valence-electron chi connectivity index (χ4n) is 1.91. The van der Waals surface area contributed by atoms with Gasteiger partial charge in [-0.2, -0.15) is 0 Å². The van der Waals surface area contributed by atoms with Crippen LogP contribution in [0.3, 0.4) is 0 Å². The molecule has 0 saturated heterocycles. The van der Waals surface area contributed by atoms with E-state index in [1.165, 1.54) is 0 Å². The average molecular weight is 284 g/mol. The number of pyridine rings is 1. The van der Waals surface area contributed by atoms with Crippen molar-refractivity contribution in [2.45, 2.75) is 33.7 Å². The molecule has 0 unspecified atom stereocenters.